The molecule has 0 aliphatic carbocycles. The van der Waals surface area contributed by atoms with Crippen molar-refractivity contribution in [3.8, 4) is 11.8 Å². The molecule has 0 radical (unpaired) electrons. The van der Waals surface area contributed by atoms with Gasteiger partial charge in [0.25, 0.3) is 0 Å². The Bertz CT molecular complexity index is 450. The first-order valence-corrected chi connectivity index (χ1v) is 6.59. The Morgan fingerprint density at radius 1 is 1.50 bits per heavy atom. The molecular formula is C15H20N2O. The highest BCUT2D eigenvalue weighted by molar-refractivity contribution is 5.45. The molecule has 3 nitrogen and oxygen atoms in total. The Hall–Kier alpha value is -1.53. The Morgan fingerprint density at radius 3 is 3.00 bits per heavy atom. The lowest BCUT2D eigenvalue weighted by Gasteiger charge is -2.23. The lowest BCUT2D eigenvalue weighted by Crippen LogP contribution is -2.28. The summed E-state index contributed by atoms with van der Waals surface area (Å²) < 4.78 is 5.25. The maximum Gasteiger partial charge on any atom is 0.136 e. The van der Waals surface area contributed by atoms with Crippen LogP contribution < -0.4 is 4.74 Å². The van der Waals surface area contributed by atoms with E-state index in [9.17, 15) is 0 Å². The average molecular weight is 244 g/mol. The number of likely N-dealkylation sites (tertiary alicyclic amines) is 1. The summed E-state index contributed by atoms with van der Waals surface area (Å²) in [6, 6.07) is 8.74. The molecular weight excluding hydrogens is 224 g/mol. The van der Waals surface area contributed by atoms with Crippen molar-refractivity contribution in [1.82, 2.24) is 4.90 Å². The predicted molar refractivity (Wildman–Crippen MR) is 71.4 cm³/mol. The number of nitriles is 1. The minimum atomic E-state index is 0.606. The predicted octanol–water partition coefficient (Wildman–Crippen LogP) is 2.94. The molecule has 0 amide bonds. The van der Waals surface area contributed by atoms with Crippen LogP contribution in [0.5, 0.6) is 5.75 Å². The molecule has 1 aliphatic rings. The molecule has 1 unspecified atom stereocenters. The van der Waals surface area contributed by atoms with Crippen LogP contribution >= 0.6 is 0 Å². The van der Waals surface area contributed by atoms with Gasteiger partial charge in [-0.3, -0.25) is 4.90 Å². The van der Waals surface area contributed by atoms with Crippen LogP contribution in [0.15, 0.2) is 18.2 Å². The van der Waals surface area contributed by atoms with Crippen molar-refractivity contribution in [2.75, 3.05) is 13.7 Å². The summed E-state index contributed by atoms with van der Waals surface area (Å²) in [5.74, 6) is 0.683. The van der Waals surface area contributed by atoms with E-state index in [1.54, 1.807) is 7.11 Å². The van der Waals surface area contributed by atoms with E-state index < -0.39 is 0 Å². The van der Waals surface area contributed by atoms with E-state index >= 15 is 0 Å². The van der Waals surface area contributed by atoms with Crippen LogP contribution in [0.4, 0.5) is 0 Å². The molecule has 1 aliphatic heterocycles. The molecule has 1 aromatic rings. The van der Waals surface area contributed by atoms with Crippen LogP contribution in [0.25, 0.3) is 0 Å². The van der Waals surface area contributed by atoms with Crippen LogP contribution in [0.2, 0.25) is 0 Å². The van der Waals surface area contributed by atoms with Gasteiger partial charge in [-0.25, -0.2) is 0 Å². The van der Waals surface area contributed by atoms with Crippen molar-refractivity contribution in [3.05, 3.63) is 29.3 Å². The molecule has 2 rings (SSSR count). The fourth-order valence-corrected chi connectivity index (χ4v) is 2.73. The van der Waals surface area contributed by atoms with Gasteiger partial charge in [0.2, 0.25) is 0 Å². The van der Waals surface area contributed by atoms with Gasteiger partial charge in [0, 0.05) is 12.6 Å². The van der Waals surface area contributed by atoms with E-state index in [2.05, 4.69) is 17.9 Å². The molecule has 3 heteroatoms. The number of nitrogens with zero attached hydrogens (tertiary/aromatic N) is 2. The second-order valence-corrected chi connectivity index (χ2v) is 4.82. The molecule has 0 N–H and O–H groups in total. The summed E-state index contributed by atoms with van der Waals surface area (Å²) >= 11 is 0. The zero-order valence-corrected chi connectivity index (χ0v) is 11.1. The van der Waals surface area contributed by atoms with Gasteiger partial charge in [0.05, 0.1) is 12.7 Å². The van der Waals surface area contributed by atoms with E-state index in [1.165, 1.54) is 31.4 Å². The third kappa shape index (κ3) is 2.65. The van der Waals surface area contributed by atoms with Gasteiger partial charge >= 0.3 is 0 Å². The standard InChI is InChI=1S/C15H20N2O/c1-3-14-5-4-8-17(14)11-12-6-7-13(10-16)15(9-12)18-2/h6-7,9,14H,3-5,8,11H2,1-2H3. The van der Waals surface area contributed by atoms with Crippen LogP contribution in [-0.2, 0) is 6.54 Å². The van der Waals surface area contributed by atoms with Gasteiger partial charge in [-0.05, 0) is 43.5 Å². The summed E-state index contributed by atoms with van der Waals surface area (Å²) in [5, 5.41) is 8.96. The van der Waals surface area contributed by atoms with Crippen LogP contribution in [0, 0.1) is 11.3 Å². The largest absolute Gasteiger partial charge is 0.495 e. The van der Waals surface area contributed by atoms with E-state index in [1.807, 2.05) is 18.2 Å². The summed E-state index contributed by atoms with van der Waals surface area (Å²) in [7, 11) is 1.62. The van der Waals surface area contributed by atoms with E-state index in [0.29, 0.717) is 17.4 Å². The van der Waals surface area contributed by atoms with Crippen LogP contribution in [-0.4, -0.2) is 24.6 Å². The quantitative estimate of drug-likeness (QED) is 0.817. The van der Waals surface area contributed by atoms with Gasteiger partial charge in [0.15, 0.2) is 0 Å². The molecule has 0 bridgehead atoms. The lowest BCUT2D eigenvalue weighted by atomic mass is 10.1. The average Bonchev–Trinajstić information content (AvgIpc) is 2.85. The van der Waals surface area contributed by atoms with Gasteiger partial charge in [0.1, 0.15) is 11.8 Å². The van der Waals surface area contributed by atoms with Gasteiger partial charge in [-0.1, -0.05) is 13.0 Å². The molecule has 1 fully saturated rings. The fourth-order valence-electron chi connectivity index (χ4n) is 2.73. The molecule has 0 aromatic heterocycles. The van der Waals surface area contributed by atoms with E-state index in [-0.39, 0.29) is 0 Å². The topological polar surface area (TPSA) is 36.3 Å². The van der Waals surface area contributed by atoms with Crippen molar-refractivity contribution in [3.63, 3.8) is 0 Å². The first-order valence-electron chi connectivity index (χ1n) is 6.59. The molecule has 18 heavy (non-hydrogen) atoms. The Morgan fingerprint density at radius 2 is 2.33 bits per heavy atom. The highest BCUT2D eigenvalue weighted by atomic mass is 16.5. The molecule has 1 saturated heterocycles. The Labute approximate surface area is 109 Å². The fraction of sp³-hybridized carbons (Fsp3) is 0.533. The molecule has 0 saturated carbocycles. The van der Waals surface area contributed by atoms with Gasteiger partial charge in [-0.15, -0.1) is 0 Å². The first-order chi connectivity index (χ1) is 8.78. The summed E-state index contributed by atoms with van der Waals surface area (Å²) in [6.07, 6.45) is 3.82. The second-order valence-electron chi connectivity index (χ2n) is 4.82. The second kappa shape index (κ2) is 5.88. The highest BCUT2D eigenvalue weighted by Crippen LogP contribution is 2.25. The molecule has 1 atom stereocenters. The summed E-state index contributed by atoms with van der Waals surface area (Å²) in [6.45, 7) is 4.39. The lowest BCUT2D eigenvalue weighted by molar-refractivity contribution is 0.239. The third-order valence-corrected chi connectivity index (χ3v) is 3.74. The normalized spacial score (nSPS) is 19.7. The maximum atomic E-state index is 8.96. The maximum absolute atomic E-state index is 8.96. The SMILES string of the molecule is CCC1CCCN1Cc1ccc(C#N)c(OC)c1. The first kappa shape index (κ1) is 12.9. The monoisotopic (exact) mass is 244 g/mol. The zero-order valence-electron chi connectivity index (χ0n) is 11.1. The van der Waals surface area contributed by atoms with Gasteiger partial charge in [-0.2, -0.15) is 5.26 Å². The number of ether oxygens (including phenoxy) is 1. The highest BCUT2D eigenvalue weighted by Gasteiger charge is 2.22. The Kier molecular flexibility index (Phi) is 4.22. The van der Waals surface area contributed by atoms with Crippen LogP contribution in [0.3, 0.4) is 0 Å². The Balaban J connectivity index is 2.12. The van der Waals surface area contributed by atoms with Crippen molar-refractivity contribution < 1.29 is 4.74 Å². The van der Waals surface area contributed by atoms with Crippen molar-refractivity contribution in [2.24, 2.45) is 0 Å². The molecule has 96 valence electrons. The number of hydrogen-bond donors (Lipinski definition) is 0. The van der Waals surface area contributed by atoms with Crippen LogP contribution in [0.1, 0.15) is 37.3 Å². The summed E-state index contributed by atoms with van der Waals surface area (Å²) in [4.78, 5) is 2.53. The summed E-state index contributed by atoms with van der Waals surface area (Å²) in [5.41, 5.74) is 1.83. The van der Waals surface area contributed by atoms with Crippen molar-refractivity contribution in [1.29, 1.82) is 5.26 Å². The molecule has 0 spiro atoms. The minimum Gasteiger partial charge on any atom is -0.495 e. The number of hydrogen-bond acceptors (Lipinski definition) is 3. The van der Waals surface area contributed by atoms with Crippen molar-refractivity contribution >= 4 is 0 Å². The minimum absolute atomic E-state index is 0.606. The van der Waals surface area contributed by atoms with Crippen molar-refractivity contribution in [2.45, 2.75) is 38.8 Å². The van der Waals surface area contributed by atoms with Gasteiger partial charge < -0.3 is 4.74 Å². The molecule has 1 aromatic carbocycles. The third-order valence-electron chi connectivity index (χ3n) is 3.74. The number of methoxy groups -OCH3 is 1. The number of rotatable bonds is 4. The van der Waals surface area contributed by atoms with E-state index in [4.69, 9.17) is 10.00 Å². The smallest absolute Gasteiger partial charge is 0.136 e. The zero-order chi connectivity index (χ0) is 13.0. The van der Waals surface area contributed by atoms with E-state index in [0.717, 1.165) is 6.54 Å². The molecule has 1 heterocycles. The number of benzene rings is 1.